The highest BCUT2D eigenvalue weighted by molar-refractivity contribution is 5.89. The number of hydrogen-bond acceptors (Lipinski definition) is 1. The van der Waals surface area contributed by atoms with Crippen molar-refractivity contribution in [3.8, 4) is 0 Å². The first-order valence-corrected chi connectivity index (χ1v) is 5.09. The summed E-state index contributed by atoms with van der Waals surface area (Å²) in [6.45, 7) is 7.96. The van der Waals surface area contributed by atoms with E-state index in [1.54, 1.807) is 0 Å². The molecule has 1 aromatic carbocycles. The highest BCUT2D eigenvalue weighted by Crippen LogP contribution is 2.25. The number of carbonyl (C=O) groups excluding carboxylic acids is 1. The smallest absolute Gasteiger partial charge is 0.142 e. The van der Waals surface area contributed by atoms with E-state index in [2.05, 4.69) is 19.1 Å². The molecule has 0 aliphatic carbocycles. The fourth-order valence-corrected chi connectivity index (χ4v) is 1.64. The number of ketones is 1. The van der Waals surface area contributed by atoms with Crippen LogP contribution in [0.1, 0.15) is 38.3 Å². The maximum Gasteiger partial charge on any atom is 0.142 e. The van der Waals surface area contributed by atoms with E-state index in [1.807, 2.05) is 32.9 Å². The molecule has 0 radical (unpaired) electrons. The second kappa shape index (κ2) is 3.95. The fourth-order valence-electron chi connectivity index (χ4n) is 1.64. The van der Waals surface area contributed by atoms with Gasteiger partial charge in [-0.25, -0.2) is 0 Å². The van der Waals surface area contributed by atoms with Gasteiger partial charge < -0.3 is 0 Å². The van der Waals surface area contributed by atoms with Crippen molar-refractivity contribution >= 4 is 5.78 Å². The molecule has 0 unspecified atom stereocenters. The molecule has 0 saturated heterocycles. The second-order valence-corrected chi connectivity index (χ2v) is 4.27. The number of Topliss-reactive ketones (excluding diaryl/α,β-unsaturated/α-hetero) is 1. The molecule has 0 spiro atoms. The molecule has 0 amide bonds. The predicted molar refractivity (Wildman–Crippen MR) is 59.5 cm³/mol. The van der Waals surface area contributed by atoms with Crippen molar-refractivity contribution in [3.05, 3.63) is 35.4 Å². The summed E-state index contributed by atoms with van der Waals surface area (Å²) in [6.07, 6.45) is 0.598. The van der Waals surface area contributed by atoms with Gasteiger partial charge in [0, 0.05) is 11.8 Å². The second-order valence-electron chi connectivity index (χ2n) is 4.27. The SMILES string of the molecule is CCC(=O)C(C)(C)c1cccc(C)c1. The van der Waals surface area contributed by atoms with Gasteiger partial charge in [-0.15, -0.1) is 0 Å². The number of carbonyl (C=O) groups is 1. The summed E-state index contributed by atoms with van der Waals surface area (Å²) < 4.78 is 0. The first-order chi connectivity index (χ1) is 6.48. The lowest BCUT2D eigenvalue weighted by atomic mass is 9.79. The predicted octanol–water partition coefficient (Wildman–Crippen LogP) is 3.25. The largest absolute Gasteiger partial charge is 0.299 e. The van der Waals surface area contributed by atoms with E-state index in [4.69, 9.17) is 0 Å². The highest BCUT2D eigenvalue weighted by atomic mass is 16.1. The minimum atomic E-state index is -0.346. The molecule has 0 bridgehead atoms. The third-order valence-corrected chi connectivity index (χ3v) is 2.76. The molecule has 1 aromatic rings. The van der Waals surface area contributed by atoms with Crippen LogP contribution in [0, 0.1) is 6.92 Å². The molecule has 0 heterocycles. The maximum atomic E-state index is 11.7. The molecule has 0 aliphatic rings. The Morgan fingerprint density at radius 3 is 2.50 bits per heavy atom. The van der Waals surface area contributed by atoms with Crippen molar-refractivity contribution in [3.63, 3.8) is 0 Å². The summed E-state index contributed by atoms with van der Waals surface area (Å²) in [5.41, 5.74) is 1.98. The van der Waals surface area contributed by atoms with E-state index in [1.165, 1.54) is 5.56 Å². The monoisotopic (exact) mass is 190 g/mol. The average molecular weight is 190 g/mol. The summed E-state index contributed by atoms with van der Waals surface area (Å²) in [7, 11) is 0. The number of rotatable bonds is 3. The van der Waals surface area contributed by atoms with Crippen molar-refractivity contribution in [1.82, 2.24) is 0 Å². The average Bonchev–Trinajstić information content (AvgIpc) is 2.16. The molecule has 1 nitrogen and oxygen atoms in total. The molecule has 0 aliphatic heterocycles. The Morgan fingerprint density at radius 1 is 1.36 bits per heavy atom. The molecule has 0 fully saturated rings. The molecule has 1 rings (SSSR count). The molecule has 0 atom stereocenters. The third kappa shape index (κ3) is 2.03. The lowest BCUT2D eigenvalue weighted by molar-refractivity contribution is -0.123. The molecular weight excluding hydrogens is 172 g/mol. The van der Waals surface area contributed by atoms with Gasteiger partial charge in [0.2, 0.25) is 0 Å². The molecular formula is C13H18O. The van der Waals surface area contributed by atoms with Crippen molar-refractivity contribution in [2.75, 3.05) is 0 Å². The van der Waals surface area contributed by atoms with Crippen LogP contribution in [0.5, 0.6) is 0 Å². The van der Waals surface area contributed by atoms with Crippen LogP contribution in [0.3, 0.4) is 0 Å². The summed E-state index contributed by atoms with van der Waals surface area (Å²) in [5, 5.41) is 0. The first kappa shape index (κ1) is 11.0. The molecule has 0 N–H and O–H groups in total. The van der Waals surface area contributed by atoms with Gasteiger partial charge in [0.25, 0.3) is 0 Å². The van der Waals surface area contributed by atoms with Gasteiger partial charge >= 0.3 is 0 Å². The van der Waals surface area contributed by atoms with Crippen LogP contribution < -0.4 is 0 Å². The number of benzene rings is 1. The van der Waals surface area contributed by atoms with Crippen LogP contribution in [0.4, 0.5) is 0 Å². The zero-order valence-electron chi connectivity index (χ0n) is 9.42. The van der Waals surface area contributed by atoms with Gasteiger partial charge in [-0.3, -0.25) is 4.79 Å². The Balaban J connectivity index is 3.09. The Morgan fingerprint density at radius 2 is 2.00 bits per heavy atom. The van der Waals surface area contributed by atoms with Crippen LogP contribution in [0.15, 0.2) is 24.3 Å². The van der Waals surface area contributed by atoms with E-state index in [-0.39, 0.29) is 5.41 Å². The topological polar surface area (TPSA) is 17.1 Å². The first-order valence-electron chi connectivity index (χ1n) is 5.09. The van der Waals surface area contributed by atoms with E-state index >= 15 is 0 Å². The highest BCUT2D eigenvalue weighted by Gasteiger charge is 2.27. The lowest BCUT2D eigenvalue weighted by Gasteiger charge is -2.23. The van der Waals surface area contributed by atoms with Crippen molar-refractivity contribution < 1.29 is 4.79 Å². The van der Waals surface area contributed by atoms with Gasteiger partial charge in [-0.1, -0.05) is 36.8 Å². The molecule has 76 valence electrons. The van der Waals surface area contributed by atoms with E-state index in [0.29, 0.717) is 12.2 Å². The van der Waals surface area contributed by atoms with Crippen molar-refractivity contribution in [2.45, 2.75) is 39.5 Å². The standard InChI is InChI=1S/C13H18O/c1-5-12(14)13(3,4)11-8-6-7-10(2)9-11/h6-9H,5H2,1-4H3. The van der Waals surface area contributed by atoms with Crippen molar-refractivity contribution in [2.24, 2.45) is 0 Å². The molecule has 0 saturated carbocycles. The van der Waals surface area contributed by atoms with E-state index < -0.39 is 0 Å². The Bertz CT molecular complexity index is 337. The van der Waals surface area contributed by atoms with Gasteiger partial charge in [0.05, 0.1) is 0 Å². The van der Waals surface area contributed by atoms with Crippen LogP contribution in [0.25, 0.3) is 0 Å². The molecule has 14 heavy (non-hydrogen) atoms. The van der Waals surface area contributed by atoms with Crippen LogP contribution in [-0.4, -0.2) is 5.78 Å². The minimum Gasteiger partial charge on any atom is -0.299 e. The van der Waals surface area contributed by atoms with E-state index in [9.17, 15) is 4.79 Å². The Labute approximate surface area is 86.1 Å². The van der Waals surface area contributed by atoms with Crippen molar-refractivity contribution in [1.29, 1.82) is 0 Å². The quantitative estimate of drug-likeness (QED) is 0.715. The Hall–Kier alpha value is -1.11. The fraction of sp³-hybridized carbons (Fsp3) is 0.462. The molecule has 1 heteroatoms. The summed E-state index contributed by atoms with van der Waals surface area (Å²) in [5.74, 6) is 0.295. The van der Waals surface area contributed by atoms with Crippen LogP contribution >= 0.6 is 0 Å². The molecule has 0 aromatic heterocycles. The van der Waals surface area contributed by atoms with Crippen LogP contribution in [0.2, 0.25) is 0 Å². The summed E-state index contributed by atoms with van der Waals surface area (Å²) in [6, 6.07) is 8.18. The third-order valence-electron chi connectivity index (χ3n) is 2.76. The minimum absolute atomic E-state index is 0.295. The summed E-state index contributed by atoms with van der Waals surface area (Å²) >= 11 is 0. The maximum absolute atomic E-state index is 11.7. The number of hydrogen-bond donors (Lipinski definition) is 0. The van der Waals surface area contributed by atoms with Gasteiger partial charge in [0.15, 0.2) is 0 Å². The van der Waals surface area contributed by atoms with Gasteiger partial charge in [0.1, 0.15) is 5.78 Å². The Kier molecular flexibility index (Phi) is 3.10. The van der Waals surface area contributed by atoms with Crippen LogP contribution in [-0.2, 0) is 10.2 Å². The van der Waals surface area contributed by atoms with E-state index in [0.717, 1.165) is 5.56 Å². The number of aryl methyl sites for hydroxylation is 1. The zero-order valence-corrected chi connectivity index (χ0v) is 9.42. The van der Waals surface area contributed by atoms with Gasteiger partial charge in [-0.2, -0.15) is 0 Å². The van der Waals surface area contributed by atoms with Gasteiger partial charge in [-0.05, 0) is 26.3 Å². The zero-order chi connectivity index (χ0) is 10.8. The summed E-state index contributed by atoms with van der Waals surface area (Å²) in [4.78, 5) is 11.7. The lowest BCUT2D eigenvalue weighted by Crippen LogP contribution is -2.28. The normalized spacial score (nSPS) is 11.4.